The molecule has 0 N–H and O–H groups in total. The molecule has 0 saturated carbocycles. The number of hydrogen-bond acceptors (Lipinski definition) is 2. The average Bonchev–Trinajstić information content (AvgIpc) is 2.30. The molecule has 0 fully saturated rings. The number of halogens is 1. The van der Waals surface area contributed by atoms with Gasteiger partial charge in [0.2, 0.25) is 0 Å². The third kappa shape index (κ3) is 4.89. The van der Waals surface area contributed by atoms with Crippen LogP contribution in [0.4, 0.5) is 0 Å². The number of nitrogens with zero attached hydrogens (tertiary/aromatic N) is 1. The Bertz CT molecular complexity index is 451. The van der Waals surface area contributed by atoms with Gasteiger partial charge in [0.15, 0.2) is 0 Å². The Morgan fingerprint density at radius 1 is 1.41 bits per heavy atom. The van der Waals surface area contributed by atoms with E-state index in [0.717, 1.165) is 5.56 Å². The predicted molar refractivity (Wildman–Crippen MR) is 72.2 cm³/mol. The summed E-state index contributed by atoms with van der Waals surface area (Å²) in [5, 5.41) is 9.52. The van der Waals surface area contributed by atoms with Crippen molar-refractivity contribution in [3.63, 3.8) is 0 Å². The van der Waals surface area contributed by atoms with Crippen molar-refractivity contribution in [3.05, 3.63) is 34.9 Å². The van der Waals surface area contributed by atoms with Crippen molar-refractivity contribution >= 4 is 22.4 Å². The lowest BCUT2D eigenvalue weighted by Crippen LogP contribution is -2.13. The minimum atomic E-state index is -0.965. The van der Waals surface area contributed by atoms with E-state index in [1.54, 1.807) is 6.07 Å². The molecular weight excluding hydrogens is 254 g/mol. The van der Waals surface area contributed by atoms with Crippen molar-refractivity contribution in [2.24, 2.45) is 5.41 Å². The lowest BCUT2D eigenvalue weighted by molar-refractivity contribution is 0.479. The standard InChI is InChI=1S/C13H16ClNOS/c1-13(2,10-15)7-8-17(16)9-11-5-3-4-6-12(11)14/h3-6H,7-9H2,1-2H3. The second kappa shape index (κ2) is 6.18. The summed E-state index contributed by atoms with van der Waals surface area (Å²) in [5.41, 5.74) is 0.498. The van der Waals surface area contributed by atoms with E-state index in [2.05, 4.69) is 6.07 Å². The van der Waals surface area contributed by atoms with Gasteiger partial charge >= 0.3 is 0 Å². The molecule has 1 aromatic rings. The van der Waals surface area contributed by atoms with E-state index in [1.165, 1.54) is 0 Å². The molecule has 0 aliphatic heterocycles. The van der Waals surface area contributed by atoms with Crippen LogP contribution in [0.3, 0.4) is 0 Å². The largest absolute Gasteiger partial charge is 0.259 e. The average molecular weight is 270 g/mol. The summed E-state index contributed by atoms with van der Waals surface area (Å²) in [7, 11) is -0.965. The maximum absolute atomic E-state index is 11.9. The third-order valence-electron chi connectivity index (χ3n) is 2.53. The second-order valence-electron chi connectivity index (χ2n) is 4.63. The van der Waals surface area contributed by atoms with Crippen LogP contribution in [0.15, 0.2) is 24.3 Å². The summed E-state index contributed by atoms with van der Waals surface area (Å²) in [6.07, 6.45) is 0.639. The van der Waals surface area contributed by atoms with Gasteiger partial charge in [-0.15, -0.1) is 0 Å². The van der Waals surface area contributed by atoms with Crippen molar-refractivity contribution < 1.29 is 4.21 Å². The van der Waals surface area contributed by atoms with Crippen LogP contribution in [0.25, 0.3) is 0 Å². The highest BCUT2D eigenvalue weighted by Crippen LogP contribution is 2.21. The fourth-order valence-electron chi connectivity index (χ4n) is 1.29. The fraction of sp³-hybridized carbons (Fsp3) is 0.462. The molecule has 0 amide bonds. The molecule has 2 nitrogen and oxygen atoms in total. The van der Waals surface area contributed by atoms with E-state index in [0.29, 0.717) is 22.9 Å². The lowest BCUT2D eigenvalue weighted by atomic mass is 9.93. The van der Waals surface area contributed by atoms with Crippen molar-refractivity contribution in [2.45, 2.75) is 26.0 Å². The Morgan fingerprint density at radius 2 is 2.06 bits per heavy atom. The van der Waals surface area contributed by atoms with Crippen molar-refractivity contribution in [1.82, 2.24) is 0 Å². The summed E-state index contributed by atoms with van der Waals surface area (Å²) >= 11 is 6.00. The summed E-state index contributed by atoms with van der Waals surface area (Å²) in [4.78, 5) is 0. The minimum Gasteiger partial charge on any atom is -0.259 e. The highest BCUT2D eigenvalue weighted by Gasteiger charge is 2.18. The van der Waals surface area contributed by atoms with Gasteiger partial charge in [0.25, 0.3) is 0 Å². The van der Waals surface area contributed by atoms with Crippen LogP contribution in [-0.4, -0.2) is 9.96 Å². The van der Waals surface area contributed by atoms with Gasteiger partial charge in [-0.1, -0.05) is 29.8 Å². The van der Waals surface area contributed by atoms with E-state index in [9.17, 15) is 4.21 Å². The SMILES string of the molecule is CC(C)(C#N)CCS(=O)Cc1ccccc1Cl. The molecule has 0 aliphatic carbocycles. The highest BCUT2D eigenvalue weighted by atomic mass is 35.5. The van der Waals surface area contributed by atoms with E-state index in [-0.39, 0.29) is 0 Å². The second-order valence-corrected chi connectivity index (χ2v) is 6.61. The Labute approximate surface area is 110 Å². The van der Waals surface area contributed by atoms with E-state index in [1.807, 2.05) is 32.0 Å². The maximum atomic E-state index is 11.9. The van der Waals surface area contributed by atoms with Gasteiger partial charge in [0.05, 0.1) is 11.5 Å². The first kappa shape index (κ1) is 14.2. The quantitative estimate of drug-likeness (QED) is 0.820. The number of hydrogen-bond donors (Lipinski definition) is 0. The number of rotatable bonds is 5. The van der Waals surface area contributed by atoms with E-state index in [4.69, 9.17) is 16.9 Å². The van der Waals surface area contributed by atoms with Gasteiger partial charge in [-0.25, -0.2) is 0 Å². The number of benzene rings is 1. The zero-order valence-corrected chi connectivity index (χ0v) is 11.6. The smallest absolute Gasteiger partial charge is 0.0684 e. The summed E-state index contributed by atoms with van der Waals surface area (Å²) < 4.78 is 11.9. The summed E-state index contributed by atoms with van der Waals surface area (Å²) in [6.45, 7) is 3.72. The van der Waals surface area contributed by atoms with Crippen LogP contribution < -0.4 is 0 Å². The molecule has 0 saturated heterocycles. The predicted octanol–water partition coefficient (Wildman–Crippen LogP) is 3.53. The Morgan fingerprint density at radius 3 is 2.65 bits per heavy atom. The summed E-state index contributed by atoms with van der Waals surface area (Å²) in [5.74, 6) is 0.993. The van der Waals surface area contributed by atoms with Gasteiger partial charge in [-0.2, -0.15) is 5.26 Å². The molecule has 0 heterocycles. The molecule has 0 spiro atoms. The fourth-order valence-corrected chi connectivity index (χ4v) is 3.05. The molecule has 92 valence electrons. The first-order valence-corrected chi connectivity index (χ1v) is 7.31. The molecule has 0 aromatic heterocycles. The normalized spacial score (nSPS) is 13.1. The Kier molecular flexibility index (Phi) is 5.17. The topological polar surface area (TPSA) is 40.9 Å². The monoisotopic (exact) mass is 269 g/mol. The molecule has 0 radical (unpaired) electrons. The molecule has 0 aliphatic rings. The van der Waals surface area contributed by atoms with Crippen LogP contribution in [-0.2, 0) is 16.6 Å². The molecule has 4 heteroatoms. The molecule has 1 aromatic carbocycles. The van der Waals surface area contributed by atoms with E-state index >= 15 is 0 Å². The third-order valence-corrected chi connectivity index (χ3v) is 4.19. The highest BCUT2D eigenvalue weighted by molar-refractivity contribution is 7.84. The first-order valence-electron chi connectivity index (χ1n) is 5.44. The Hall–Kier alpha value is -0.850. The van der Waals surface area contributed by atoms with Crippen molar-refractivity contribution in [3.8, 4) is 6.07 Å². The minimum absolute atomic E-state index is 0.407. The van der Waals surface area contributed by atoms with Crippen molar-refractivity contribution in [1.29, 1.82) is 5.26 Å². The summed E-state index contributed by atoms with van der Waals surface area (Å²) in [6, 6.07) is 9.64. The van der Waals surface area contributed by atoms with Crippen LogP contribution in [0.2, 0.25) is 5.02 Å². The molecule has 17 heavy (non-hydrogen) atoms. The zero-order chi connectivity index (χ0) is 12.9. The van der Waals surface area contributed by atoms with Crippen LogP contribution in [0.5, 0.6) is 0 Å². The molecular formula is C13H16ClNOS. The van der Waals surface area contributed by atoms with Gasteiger partial charge in [0.1, 0.15) is 0 Å². The van der Waals surface area contributed by atoms with Gasteiger partial charge in [-0.05, 0) is 31.9 Å². The van der Waals surface area contributed by atoms with Gasteiger partial charge in [0, 0.05) is 27.3 Å². The van der Waals surface area contributed by atoms with E-state index < -0.39 is 16.2 Å². The van der Waals surface area contributed by atoms with Crippen LogP contribution in [0, 0.1) is 16.7 Å². The molecule has 1 unspecified atom stereocenters. The Balaban J connectivity index is 2.52. The molecule has 1 rings (SSSR count). The maximum Gasteiger partial charge on any atom is 0.0684 e. The van der Waals surface area contributed by atoms with Gasteiger partial charge in [-0.3, -0.25) is 4.21 Å². The van der Waals surface area contributed by atoms with Gasteiger partial charge < -0.3 is 0 Å². The molecule has 1 atom stereocenters. The lowest BCUT2D eigenvalue weighted by Gasteiger charge is -2.14. The number of nitriles is 1. The first-order chi connectivity index (χ1) is 7.94. The van der Waals surface area contributed by atoms with Crippen LogP contribution in [0.1, 0.15) is 25.8 Å². The molecule has 0 bridgehead atoms. The zero-order valence-electron chi connectivity index (χ0n) is 10.1. The van der Waals surface area contributed by atoms with Crippen LogP contribution >= 0.6 is 11.6 Å². The van der Waals surface area contributed by atoms with Crippen molar-refractivity contribution in [2.75, 3.05) is 5.75 Å².